The molecular formula is C21H41NO8. The third-order valence-corrected chi connectivity index (χ3v) is 4.00. The van der Waals surface area contributed by atoms with Gasteiger partial charge in [0.25, 0.3) is 0 Å². The van der Waals surface area contributed by atoms with Crippen molar-refractivity contribution in [2.75, 3.05) is 85.8 Å². The molecule has 1 heterocycles. The molecule has 0 aliphatic carbocycles. The molecule has 0 spiro atoms. The molecular weight excluding hydrogens is 394 g/mol. The fourth-order valence-electron chi connectivity index (χ4n) is 2.64. The summed E-state index contributed by atoms with van der Waals surface area (Å²) in [4.78, 5) is 11.4. The summed E-state index contributed by atoms with van der Waals surface area (Å²) in [7, 11) is 0. The lowest BCUT2D eigenvalue weighted by Gasteiger charge is -2.22. The molecule has 0 radical (unpaired) electrons. The number of piperidine rings is 1. The van der Waals surface area contributed by atoms with Gasteiger partial charge in [0.05, 0.1) is 72.2 Å². The molecule has 0 unspecified atom stereocenters. The van der Waals surface area contributed by atoms with E-state index in [0.717, 1.165) is 25.9 Å². The first kappa shape index (κ1) is 27.2. The largest absolute Gasteiger partial charge is 0.458 e. The normalized spacial score (nSPS) is 15.4. The van der Waals surface area contributed by atoms with E-state index in [-0.39, 0.29) is 12.6 Å². The van der Waals surface area contributed by atoms with Crippen LogP contribution in [0, 0.1) is 0 Å². The van der Waals surface area contributed by atoms with Gasteiger partial charge >= 0.3 is 5.97 Å². The molecule has 1 N–H and O–H groups in total. The molecule has 0 atom stereocenters. The first-order valence-corrected chi connectivity index (χ1v) is 10.9. The monoisotopic (exact) mass is 435 g/mol. The Morgan fingerprint density at radius 1 is 0.733 bits per heavy atom. The Bertz CT molecular complexity index is 410. The van der Waals surface area contributed by atoms with Crippen LogP contribution in [0.1, 0.15) is 33.6 Å². The van der Waals surface area contributed by atoms with E-state index in [1.165, 1.54) is 0 Å². The summed E-state index contributed by atoms with van der Waals surface area (Å²) in [6.07, 6.45) is 2.53. The third kappa shape index (κ3) is 18.0. The molecule has 0 aromatic rings. The minimum absolute atomic E-state index is 0.0660. The highest BCUT2D eigenvalue weighted by molar-refractivity contribution is 5.71. The molecule has 0 aromatic heterocycles. The zero-order valence-corrected chi connectivity index (χ0v) is 18.9. The van der Waals surface area contributed by atoms with Crippen LogP contribution in [0.15, 0.2) is 0 Å². The molecule has 1 rings (SSSR count). The van der Waals surface area contributed by atoms with E-state index in [0.29, 0.717) is 72.2 Å². The molecule has 9 nitrogen and oxygen atoms in total. The summed E-state index contributed by atoms with van der Waals surface area (Å²) in [6.45, 7) is 12.5. The lowest BCUT2D eigenvalue weighted by Crippen LogP contribution is -2.33. The number of carbonyl (C=O) groups excluding carboxylic acids is 1. The fraction of sp³-hybridized carbons (Fsp3) is 0.952. The van der Waals surface area contributed by atoms with Crippen LogP contribution in [0.2, 0.25) is 0 Å². The standard InChI is InChI=1S/C21H41NO8/c1-21(2,3)30-20(23)18-28-15-14-26-11-10-24-8-9-25-12-13-27-16-17-29-19-4-6-22-7-5-19/h19,22H,4-18H2,1-3H3. The third-order valence-electron chi connectivity index (χ3n) is 4.00. The quantitative estimate of drug-likeness (QED) is 0.252. The van der Waals surface area contributed by atoms with Crippen molar-refractivity contribution in [2.45, 2.75) is 45.3 Å². The van der Waals surface area contributed by atoms with Crippen molar-refractivity contribution in [2.24, 2.45) is 0 Å². The second kappa shape index (κ2) is 17.8. The molecule has 1 aliphatic rings. The van der Waals surface area contributed by atoms with Gasteiger partial charge < -0.3 is 38.5 Å². The summed E-state index contributed by atoms with van der Waals surface area (Å²) in [5.74, 6) is -0.373. The Labute approximate surface area is 181 Å². The van der Waals surface area contributed by atoms with E-state index in [2.05, 4.69) is 5.32 Å². The van der Waals surface area contributed by atoms with Crippen molar-refractivity contribution in [3.8, 4) is 0 Å². The molecule has 0 saturated carbocycles. The van der Waals surface area contributed by atoms with Crippen LogP contribution in [-0.2, 0) is 38.0 Å². The van der Waals surface area contributed by atoms with Gasteiger partial charge in [-0.25, -0.2) is 4.79 Å². The average molecular weight is 436 g/mol. The fourth-order valence-corrected chi connectivity index (χ4v) is 2.64. The number of carbonyl (C=O) groups is 1. The molecule has 1 aliphatic heterocycles. The lowest BCUT2D eigenvalue weighted by atomic mass is 10.1. The van der Waals surface area contributed by atoms with Gasteiger partial charge in [0, 0.05) is 0 Å². The predicted molar refractivity (Wildman–Crippen MR) is 112 cm³/mol. The summed E-state index contributed by atoms with van der Waals surface area (Å²) in [5.41, 5.74) is -0.494. The summed E-state index contributed by atoms with van der Waals surface area (Å²) in [5, 5.41) is 3.32. The molecule has 1 saturated heterocycles. The maximum Gasteiger partial charge on any atom is 0.332 e. The minimum Gasteiger partial charge on any atom is -0.458 e. The van der Waals surface area contributed by atoms with Crippen LogP contribution in [0.3, 0.4) is 0 Å². The number of esters is 1. The van der Waals surface area contributed by atoms with Crippen LogP contribution in [0.4, 0.5) is 0 Å². The zero-order chi connectivity index (χ0) is 21.9. The summed E-state index contributed by atoms with van der Waals surface area (Å²) in [6, 6.07) is 0. The Kier molecular flexibility index (Phi) is 16.2. The Balaban J connectivity index is 1.70. The summed E-state index contributed by atoms with van der Waals surface area (Å²) >= 11 is 0. The van der Waals surface area contributed by atoms with E-state index in [1.54, 1.807) is 0 Å². The van der Waals surface area contributed by atoms with Crippen molar-refractivity contribution in [1.29, 1.82) is 0 Å². The Hall–Kier alpha value is -0.810. The first-order valence-electron chi connectivity index (χ1n) is 10.9. The molecule has 0 bridgehead atoms. The van der Waals surface area contributed by atoms with Gasteiger partial charge in [0.2, 0.25) is 0 Å². The zero-order valence-electron chi connectivity index (χ0n) is 18.9. The van der Waals surface area contributed by atoms with Crippen LogP contribution in [-0.4, -0.2) is 103 Å². The van der Waals surface area contributed by atoms with Gasteiger partial charge in [0.15, 0.2) is 0 Å². The van der Waals surface area contributed by atoms with Gasteiger partial charge in [-0.15, -0.1) is 0 Å². The van der Waals surface area contributed by atoms with E-state index < -0.39 is 5.60 Å². The summed E-state index contributed by atoms with van der Waals surface area (Å²) < 4.78 is 37.8. The van der Waals surface area contributed by atoms with Crippen LogP contribution in [0.5, 0.6) is 0 Å². The van der Waals surface area contributed by atoms with Gasteiger partial charge in [-0.3, -0.25) is 0 Å². The van der Waals surface area contributed by atoms with Crippen molar-refractivity contribution in [3.63, 3.8) is 0 Å². The highest BCUT2D eigenvalue weighted by Gasteiger charge is 2.16. The van der Waals surface area contributed by atoms with E-state index in [4.69, 9.17) is 33.2 Å². The maximum atomic E-state index is 11.4. The molecule has 0 amide bonds. The second-order valence-corrected chi connectivity index (χ2v) is 7.91. The van der Waals surface area contributed by atoms with Crippen LogP contribution >= 0.6 is 0 Å². The molecule has 30 heavy (non-hydrogen) atoms. The number of nitrogens with one attached hydrogen (secondary N) is 1. The topological polar surface area (TPSA) is 93.7 Å². The smallest absolute Gasteiger partial charge is 0.332 e. The highest BCUT2D eigenvalue weighted by Crippen LogP contribution is 2.07. The lowest BCUT2D eigenvalue weighted by molar-refractivity contribution is -0.160. The van der Waals surface area contributed by atoms with Gasteiger partial charge in [-0.05, 0) is 46.7 Å². The molecule has 1 fully saturated rings. The number of ether oxygens (including phenoxy) is 7. The average Bonchev–Trinajstić information content (AvgIpc) is 2.69. The minimum atomic E-state index is -0.494. The molecule has 0 aromatic carbocycles. The maximum absolute atomic E-state index is 11.4. The van der Waals surface area contributed by atoms with Gasteiger partial charge in [-0.1, -0.05) is 0 Å². The Morgan fingerprint density at radius 3 is 1.63 bits per heavy atom. The van der Waals surface area contributed by atoms with Crippen molar-refractivity contribution in [3.05, 3.63) is 0 Å². The van der Waals surface area contributed by atoms with Crippen LogP contribution in [0.25, 0.3) is 0 Å². The highest BCUT2D eigenvalue weighted by atomic mass is 16.6. The van der Waals surface area contributed by atoms with E-state index in [1.807, 2.05) is 20.8 Å². The number of hydrogen-bond donors (Lipinski definition) is 1. The number of rotatable bonds is 18. The predicted octanol–water partition coefficient (Wildman–Crippen LogP) is 1.18. The van der Waals surface area contributed by atoms with Crippen molar-refractivity contribution >= 4 is 5.97 Å². The van der Waals surface area contributed by atoms with E-state index in [9.17, 15) is 4.79 Å². The Morgan fingerprint density at radius 2 is 1.17 bits per heavy atom. The number of hydrogen-bond acceptors (Lipinski definition) is 9. The van der Waals surface area contributed by atoms with Crippen LogP contribution < -0.4 is 5.32 Å². The van der Waals surface area contributed by atoms with Crippen molar-refractivity contribution in [1.82, 2.24) is 5.32 Å². The van der Waals surface area contributed by atoms with Crippen molar-refractivity contribution < 1.29 is 38.0 Å². The molecule has 178 valence electrons. The van der Waals surface area contributed by atoms with Gasteiger partial charge in [0.1, 0.15) is 12.2 Å². The SMILES string of the molecule is CC(C)(C)OC(=O)COCCOCCOCCOCCOCCOC1CCNCC1. The van der Waals surface area contributed by atoms with Gasteiger partial charge in [-0.2, -0.15) is 0 Å². The second-order valence-electron chi connectivity index (χ2n) is 7.91. The van der Waals surface area contributed by atoms with E-state index >= 15 is 0 Å². The first-order chi connectivity index (χ1) is 14.5. The molecule has 9 heteroatoms.